The number of piperidine rings is 1. The summed E-state index contributed by atoms with van der Waals surface area (Å²) >= 11 is 5.84. The van der Waals surface area contributed by atoms with Crippen LogP contribution in [0.15, 0.2) is 18.2 Å². The van der Waals surface area contributed by atoms with Crippen LogP contribution < -0.4 is 5.14 Å². The van der Waals surface area contributed by atoms with Gasteiger partial charge in [0, 0.05) is 17.1 Å². The summed E-state index contributed by atoms with van der Waals surface area (Å²) in [7, 11) is -4.00. The van der Waals surface area contributed by atoms with Crippen LogP contribution in [-0.4, -0.2) is 25.8 Å². The van der Waals surface area contributed by atoms with Crippen molar-refractivity contribution in [1.29, 1.82) is 0 Å². The Bertz CT molecular complexity index is 576. The van der Waals surface area contributed by atoms with Gasteiger partial charge in [-0.05, 0) is 25.0 Å². The molecule has 1 atom stereocenters. The molecule has 4 nitrogen and oxygen atoms in total. The van der Waals surface area contributed by atoms with Gasteiger partial charge in [0.2, 0.25) is 0 Å². The van der Waals surface area contributed by atoms with Crippen molar-refractivity contribution in [3.05, 3.63) is 34.6 Å². The molecule has 2 rings (SSSR count). The van der Waals surface area contributed by atoms with Crippen molar-refractivity contribution in [3.8, 4) is 0 Å². The summed E-state index contributed by atoms with van der Waals surface area (Å²) in [5.41, 5.74) is -2.46. The van der Waals surface area contributed by atoms with Gasteiger partial charge in [-0.25, -0.2) is 13.9 Å². The monoisotopic (exact) mass is 310 g/mol. The fourth-order valence-corrected chi connectivity index (χ4v) is 3.42. The van der Waals surface area contributed by atoms with E-state index in [2.05, 4.69) is 0 Å². The minimum Gasteiger partial charge on any atom is -0.237 e. The molecule has 1 unspecified atom stereocenters. The summed E-state index contributed by atoms with van der Waals surface area (Å²) in [6, 6.07) is 3.83. The lowest BCUT2D eigenvalue weighted by molar-refractivity contribution is 0.0778. The van der Waals surface area contributed by atoms with Crippen molar-refractivity contribution in [1.82, 2.24) is 4.31 Å². The van der Waals surface area contributed by atoms with E-state index in [-0.39, 0.29) is 30.0 Å². The number of nitrogens with zero attached hydrogens (tertiary/aromatic N) is 1. The number of nitrogens with two attached hydrogens (primary N) is 1. The van der Waals surface area contributed by atoms with Crippen LogP contribution in [0.25, 0.3) is 0 Å². The van der Waals surface area contributed by atoms with Gasteiger partial charge in [-0.1, -0.05) is 17.7 Å². The molecule has 0 saturated carbocycles. The number of benzene rings is 1. The van der Waals surface area contributed by atoms with Gasteiger partial charge in [0.25, 0.3) is 10.2 Å². The van der Waals surface area contributed by atoms with Crippen molar-refractivity contribution in [2.75, 3.05) is 13.1 Å². The van der Waals surface area contributed by atoms with E-state index in [1.807, 2.05) is 0 Å². The van der Waals surface area contributed by atoms with Crippen LogP contribution in [0.3, 0.4) is 0 Å². The summed E-state index contributed by atoms with van der Waals surface area (Å²) in [5, 5.41) is 4.93. The quantitative estimate of drug-likeness (QED) is 0.907. The molecule has 0 aromatic heterocycles. The Morgan fingerprint density at radius 2 is 2.11 bits per heavy atom. The molecule has 1 saturated heterocycles. The van der Waals surface area contributed by atoms with Gasteiger partial charge in [0.15, 0.2) is 5.67 Å². The molecule has 8 heteroatoms. The molecule has 2 N–H and O–H groups in total. The van der Waals surface area contributed by atoms with Gasteiger partial charge in [-0.2, -0.15) is 12.7 Å². The Kier molecular flexibility index (Phi) is 3.83. The van der Waals surface area contributed by atoms with Gasteiger partial charge in [-0.3, -0.25) is 0 Å². The molecule has 0 spiro atoms. The zero-order chi connectivity index (χ0) is 14.3. The first kappa shape index (κ1) is 14.6. The molecule has 1 aliphatic heterocycles. The molecule has 0 radical (unpaired) electrons. The third-order valence-corrected chi connectivity index (χ3v) is 4.52. The van der Waals surface area contributed by atoms with E-state index in [9.17, 15) is 17.2 Å². The summed E-state index contributed by atoms with van der Waals surface area (Å²) < 4.78 is 52.1. The summed E-state index contributed by atoms with van der Waals surface area (Å²) in [4.78, 5) is 0. The molecule has 1 aromatic rings. The Hall–Kier alpha value is -0.760. The standard InChI is InChI=1S/C11H13ClF2N2O2S/c12-8-3-1-4-9(13)10(8)11(14)5-2-6-16(7-11)19(15,17)18/h1,3-4H,2,5-7H2,(H2,15,17,18). The predicted molar refractivity (Wildman–Crippen MR) is 68.1 cm³/mol. The van der Waals surface area contributed by atoms with Crippen molar-refractivity contribution in [2.24, 2.45) is 5.14 Å². The Morgan fingerprint density at radius 1 is 1.42 bits per heavy atom. The largest absolute Gasteiger partial charge is 0.277 e. The molecule has 1 heterocycles. The van der Waals surface area contributed by atoms with E-state index in [1.54, 1.807) is 0 Å². The van der Waals surface area contributed by atoms with Crippen LogP contribution in [0.5, 0.6) is 0 Å². The first-order valence-electron chi connectivity index (χ1n) is 5.65. The van der Waals surface area contributed by atoms with E-state index in [1.165, 1.54) is 12.1 Å². The van der Waals surface area contributed by atoms with E-state index >= 15 is 0 Å². The second kappa shape index (κ2) is 4.97. The highest BCUT2D eigenvalue weighted by molar-refractivity contribution is 7.86. The number of alkyl halides is 1. The highest BCUT2D eigenvalue weighted by Crippen LogP contribution is 2.40. The van der Waals surface area contributed by atoms with Crippen molar-refractivity contribution in [3.63, 3.8) is 0 Å². The number of hydrogen-bond acceptors (Lipinski definition) is 2. The highest BCUT2D eigenvalue weighted by atomic mass is 35.5. The lowest BCUT2D eigenvalue weighted by Gasteiger charge is -2.36. The number of hydrogen-bond donors (Lipinski definition) is 1. The normalized spacial score (nSPS) is 25.5. The molecule has 0 amide bonds. The fourth-order valence-electron chi connectivity index (χ4n) is 2.32. The zero-order valence-electron chi connectivity index (χ0n) is 9.94. The molecule has 1 fully saturated rings. The van der Waals surface area contributed by atoms with Crippen LogP contribution in [0, 0.1) is 5.82 Å². The maximum Gasteiger partial charge on any atom is 0.277 e. The topological polar surface area (TPSA) is 63.4 Å². The maximum atomic E-state index is 14.9. The summed E-state index contributed by atoms with van der Waals surface area (Å²) in [5.74, 6) is -0.786. The Morgan fingerprint density at radius 3 is 2.68 bits per heavy atom. The van der Waals surface area contributed by atoms with Crippen LogP contribution in [0.1, 0.15) is 18.4 Å². The van der Waals surface area contributed by atoms with Crippen LogP contribution >= 0.6 is 11.6 Å². The number of halogens is 3. The summed E-state index contributed by atoms with van der Waals surface area (Å²) in [6.45, 7) is -0.400. The first-order valence-corrected chi connectivity index (χ1v) is 7.53. The lowest BCUT2D eigenvalue weighted by Crippen LogP contribution is -2.49. The molecular formula is C11H13ClF2N2O2S. The van der Waals surface area contributed by atoms with Gasteiger partial charge >= 0.3 is 0 Å². The molecule has 0 bridgehead atoms. The average molecular weight is 311 g/mol. The molecular weight excluding hydrogens is 298 g/mol. The fraction of sp³-hybridized carbons (Fsp3) is 0.455. The minimum atomic E-state index is -4.00. The van der Waals surface area contributed by atoms with Gasteiger partial charge < -0.3 is 0 Å². The van der Waals surface area contributed by atoms with Crippen molar-refractivity contribution < 1.29 is 17.2 Å². The second-order valence-corrected chi connectivity index (χ2v) is 6.50. The molecule has 1 aromatic carbocycles. The lowest BCUT2D eigenvalue weighted by atomic mass is 9.88. The molecule has 1 aliphatic rings. The van der Waals surface area contributed by atoms with E-state index in [0.717, 1.165) is 10.4 Å². The molecule has 19 heavy (non-hydrogen) atoms. The van der Waals surface area contributed by atoms with Gasteiger partial charge in [-0.15, -0.1) is 0 Å². The highest BCUT2D eigenvalue weighted by Gasteiger charge is 2.43. The van der Waals surface area contributed by atoms with Crippen molar-refractivity contribution in [2.45, 2.75) is 18.5 Å². The Labute approximate surface area is 115 Å². The Balaban J connectivity index is 2.43. The third-order valence-electron chi connectivity index (χ3n) is 3.18. The third kappa shape index (κ3) is 2.89. The number of rotatable bonds is 2. The van der Waals surface area contributed by atoms with Crippen LogP contribution in [-0.2, 0) is 15.9 Å². The SMILES string of the molecule is NS(=O)(=O)N1CCCC(F)(c2c(F)cccc2Cl)C1. The van der Waals surface area contributed by atoms with E-state index in [4.69, 9.17) is 16.7 Å². The second-order valence-electron chi connectivity index (χ2n) is 4.54. The van der Waals surface area contributed by atoms with Crippen LogP contribution in [0.4, 0.5) is 8.78 Å². The smallest absolute Gasteiger partial charge is 0.237 e. The van der Waals surface area contributed by atoms with E-state index in [0.29, 0.717) is 0 Å². The first-order chi connectivity index (χ1) is 8.74. The summed E-state index contributed by atoms with van der Waals surface area (Å²) in [6.07, 6.45) is 0.247. The average Bonchev–Trinajstić information content (AvgIpc) is 2.27. The van der Waals surface area contributed by atoms with Crippen LogP contribution in [0.2, 0.25) is 5.02 Å². The maximum absolute atomic E-state index is 14.9. The van der Waals surface area contributed by atoms with Gasteiger partial charge in [0.1, 0.15) is 5.82 Å². The minimum absolute atomic E-state index is 0.000324. The molecule has 106 valence electrons. The predicted octanol–water partition coefficient (Wildman–Crippen LogP) is 1.94. The molecule has 0 aliphatic carbocycles. The zero-order valence-corrected chi connectivity index (χ0v) is 11.5. The van der Waals surface area contributed by atoms with Gasteiger partial charge in [0.05, 0.1) is 6.54 Å². The van der Waals surface area contributed by atoms with E-state index < -0.39 is 28.2 Å². The van der Waals surface area contributed by atoms with Crippen molar-refractivity contribution >= 4 is 21.8 Å².